The van der Waals surface area contributed by atoms with Crippen LogP contribution in [0.4, 0.5) is 14.6 Å². The van der Waals surface area contributed by atoms with Gasteiger partial charge < -0.3 is 5.32 Å². The molecule has 2 heterocycles. The van der Waals surface area contributed by atoms with Crippen molar-refractivity contribution in [2.24, 2.45) is 0 Å². The van der Waals surface area contributed by atoms with E-state index in [0.29, 0.717) is 0 Å². The Morgan fingerprint density at radius 2 is 2.00 bits per heavy atom. The molecule has 0 amide bonds. The van der Waals surface area contributed by atoms with Crippen molar-refractivity contribution in [1.29, 1.82) is 0 Å². The molecular formula is C13H14F2N2S. The fourth-order valence-corrected chi connectivity index (χ4v) is 2.91. The van der Waals surface area contributed by atoms with Gasteiger partial charge in [-0.3, -0.25) is 0 Å². The van der Waals surface area contributed by atoms with Crippen LogP contribution < -0.4 is 5.32 Å². The van der Waals surface area contributed by atoms with Gasteiger partial charge in [-0.2, -0.15) is 0 Å². The van der Waals surface area contributed by atoms with Gasteiger partial charge in [-0.25, -0.2) is 13.8 Å². The third-order valence-electron chi connectivity index (χ3n) is 2.71. The molecule has 2 aromatic heterocycles. The average Bonchev–Trinajstić information content (AvgIpc) is 2.62. The Balaban J connectivity index is 2.21. The Bertz CT molecular complexity index is 566. The molecule has 2 aromatic rings. The van der Waals surface area contributed by atoms with Gasteiger partial charge in [-0.05, 0) is 32.4 Å². The molecule has 5 heteroatoms. The summed E-state index contributed by atoms with van der Waals surface area (Å²) >= 11 is 1.70. The highest BCUT2D eigenvalue weighted by Crippen LogP contribution is 2.28. The molecule has 0 aliphatic carbocycles. The Kier molecular flexibility index (Phi) is 3.61. The number of pyridine rings is 1. The largest absolute Gasteiger partial charge is 0.361 e. The second-order valence-electron chi connectivity index (χ2n) is 4.22. The van der Waals surface area contributed by atoms with Crippen LogP contribution in [0.15, 0.2) is 18.3 Å². The summed E-state index contributed by atoms with van der Waals surface area (Å²) in [6, 6.07) is 2.83. The van der Waals surface area contributed by atoms with Crippen LogP contribution in [0.1, 0.15) is 28.3 Å². The van der Waals surface area contributed by atoms with Gasteiger partial charge in [0.15, 0.2) is 11.6 Å². The number of halogens is 2. The number of rotatable bonds is 3. The topological polar surface area (TPSA) is 24.9 Å². The Labute approximate surface area is 109 Å². The molecule has 0 saturated heterocycles. The Morgan fingerprint density at radius 3 is 2.56 bits per heavy atom. The summed E-state index contributed by atoms with van der Waals surface area (Å²) in [6.07, 6.45) is 1.00. The van der Waals surface area contributed by atoms with Crippen molar-refractivity contribution in [3.63, 3.8) is 0 Å². The van der Waals surface area contributed by atoms with Gasteiger partial charge in [0.1, 0.15) is 5.82 Å². The lowest BCUT2D eigenvalue weighted by molar-refractivity contribution is 0.574. The molecule has 96 valence electrons. The Morgan fingerprint density at radius 1 is 1.28 bits per heavy atom. The molecule has 0 aliphatic heterocycles. The minimum absolute atomic E-state index is 0.0672. The zero-order valence-corrected chi connectivity index (χ0v) is 11.2. The number of aromatic nitrogens is 1. The van der Waals surface area contributed by atoms with Gasteiger partial charge >= 0.3 is 0 Å². The molecule has 0 bridgehead atoms. The maximum Gasteiger partial charge on any atom is 0.168 e. The van der Waals surface area contributed by atoms with Crippen molar-refractivity contribution in [2.45, 2.75) is 26.8 Å². The van der Waals surface area contributed by atoms with E-state index in [1.165, 1.54) is 9.75 Å². The molecule has 1 N–H and O–H groups in total. The van der Waals surface area contributed by atoms with Gasteiger partial charge in [0.25, 0.3) is 0 Å². The van der Waals surface area contributed by atoms with E-state index in [4.69, 9.17) is 0 Å². The van der Waals surface area contributed by atoms with E-state index in [-0.39, 0.29) is 11.9 Å². The number of anilines is 1. The highest BCUT2D eigenvalue weighted by molar-refractivity contribution is 7.12. The first-order valence-electron chi connectivity index (χ1n) is 5.62. The first kappa shape index (κ1) is 13.0. The minimum Gasteiger partial charge on any atom is -0.361 e. The second kappa shape index (κ2) is 5.02. The summed E-state index contributed by atoms with van der Waals surface area (Å²) < 4.78 is 26.2. The summed E-state index contributed by atoms with van der Waals surface area (Å²) in [4.78, 5) is 6.12. The molecule has 1 atom stereocenters. The zero-order chi connectivity index (χ0) is 13.3. The molecular weight excluding hydrogens is 254 g/mol. The summed E-state index contributed by atoms with van der Waals surface area (Å²) in [5.74, 6) is -1.27. The zero-order valence-electron chi connectivity index (χ0n) is 10.4. The number of hydrogen-bond acceptors (Lipinski definition) is 3. The van der Waals surface area contributed by atoms with Gasteiger partial charge in [0.2, 0.25) is 0 Å². The Hall–Kier alpha value is -1.49. The van der Waals surface area contributed by atoms with Crippen molar-refractivity contribution in [3.05, 3.63) is 45.3 Å². The molecule has 0 saturated carbocycles. The average molecular weight is 268 g/mol. The van der Waals surface area contributed by atoms with Crippen LogP contribution in [-0.2, 0) is 0 Å². The van der Waals surface area contributed by atoms with Crippen LogP contribution in [0, 0.1) is 25.5 Å². The highest BCUT2D eigenvalue weighted by Gasteiger charge is 2.14. The molecule has 0 radical (unpaired) electrons. The lowest BCUT2D eigenvalue weighted by Gasteiger charge is -2.14. The fourth-order valence-electron chi connectivity index (χ4n) is 1.88. The SMILES string of the molecule is Cc1cc(C(C)Nc2ncc(F)cc2F)c(C)s1. The van der Waals surface area contributed by atoms with Gasteiger partial charge in [-0.1, -0.05) is 0 Å². The molecule has 1 unspecified atom stereocenters. The fraction of sp³-hybridized carbons (Fsp3) is 0.308. The quantitative estimate of drug-likeness (QED) is 0.902. The first-order valence-corrected chi connectivity index (χ1v) is 6.43. The van der Waals surface area contributed by atoms with E-state index in [9.17, 15) is 8.78 Å². The number of aryl methyl sites for hydroxylation is 2. The van der Waals surface area contributed by atoms with E-state index in [2.05, 4.69) is 16.4 Å². The van der Waals surface area contributed by atoms with Crippen LogP contribution >= 0.6 is 11.3 Å². The smallest absolute Gasteiger partial charge is 0.168 e. The molecule has 0 fully saturated rings. The first-order chi connectivity index (χ1) is 8.47. The lowest BCUT2D eigenvalue weighted by Crippen LogP contribution is -2.09. The van der Waals surface area contributed by atoms with Crippen LogP contribution in [0.25, 0.3) is 0 Å². The second-order valence-corrected chi connectivity index (χ2v) is 5.68. The van der Waals surface area contributed by atoms with E-state index in [1.807, 2.05) is 20.8 Å². The normalized spacial score (nSPS) is 12.5. The maximum absolute atomic E-state index is 13.5. The highest BCUT2D eigenvalue weighted by atomic mass is 32.1. The van der Waals surface area contributed by atoms with Crippen LogP contribution in [0.5, 0.6) is 0 Å². The standard InChI is InChI=1S/C13H14F2N2S/c1-7-4-11(9(3)18-7)8(2)17-13-12(15)5-10(14)6-16-13/h4-6,8H,1-3H3,(H,16,17). The third-order valence-corrected chi connectivity index (χ3v) is 3.69. The van der Waals surface area contributed by atoms with Crippen molar-refractivity contribution in [3.8, 4) is 0 Å². The molecule has 0 aliphatic rings. The number of thiophene rings is 1. The van der Waals surface area contributed by atoms with Gasteiger partial charge in [0.05, 0.1) is 12.2 Å². The predicted molar refractivity (Wildman–Crippen MR) is 70.0 cm³/mol. The predicted octanol–water partition coefficient (Wildman–Crippen LogP) is 4.21. The number of hydrogen-bond donors (Lipinski definition) is 1. The van der Waals surface area contributed by atoms with Crippen molar-refractivity contribution in [2.75, 3.05) is 5.32 Å². The summed E-state index contributed by atoms with van der Waals surface area (Å²) in [6.45, 7) is 5.99. The number of nitrogens with one attached hydrogen (secondary N) is 1. The van der Waals surface area contributed by atoms with E-state index in [1.54, 1.807) is 11.3 Å². The molecule has 18 heavy (non-hydrogen) atoms. The van der Waals surface area contributed by atoms with Gasteiger partial charge in [-0.15, -0.1) is 11.3 Å². The van der Waals surface area contributed by atoms with Crippen LogP contribution in [-0.4, -0.2) is 4.98 Å². The summed E-state index contributed by atoms with van der Waals surface area (Å²) in [5, 5.41) is 2.96. The summed E-state index contributed by atoms with van der Waals surface area (Å²) in [7, 11) is 0. The van der Waals surface area contributed by atoms with Gasteiger partial charge in [0, 0.05) is 15.8 Å². The molecule has 0 aromatic carbocycles. The van der Waals surface area contributed by atoms with Crippen LogP contribution in [0.2, 0.25) is 0 Å². The van der Waals surface area contributed by atoms with E-state index >= 15 is 0 Å². The lowest BCUT2D eigenvalue weighted by atomic mass is 10.1. The van der Waals surface area contributed by atoms with E-state index in [0.717, 1.165) is 17.8 Å². The molecule has 0 spiro atoms. The summed E-state index contributed by atoms with van der Waals surface area (Å²) in [5.41, 5.74) is 1.11. The van der Waals surface area contributed by atoms with E-state index < -0.39 is 11.6 Å². The third kappa shape index (κ3) is 2.67. The van der Waals surface area contributed by atoms with Crippen molar-refractivity contribution >= 4 is 17.2 Å². The molecule has 2 rings (SSSR count). The molecule has 2 nitrogen and oxygen atoms in total. The minimum atomic E-state index is -0.675. The van der Waals surface area contributed by atoms with Crippen LogP contribution in [0.3, 0.4) is 0 Å². The van der Waals surface area contributed by atoms with Crippen molar-refractivity contribution < 1.29 is 8.78 Å². The monoisotopic (exact) mass is 268 g/mol. The maximum atomic E-state index is 13.5. The number of nitrogens with zero attached hydrogens (tertiary/aromatic N) is 1. The van der Waals surface area contributed by atoms with Crippen molar-refractivity contribution in [1.82, 2.24) is 4.98 Å².